The van der Waals surface area contributed by atoms with Crippen LogP contribution in [-0.4, -0.2) is 11.2 Å². The van der Waals surface area contributed by atoms with Crippen molar-refractivity contribution in [3.8, 4) is 11.4 Å². The van der Waals surface area contributed by atoms with E-state index in [1.165, 1.54) is 25.7 Å². The van der Waals surface area contributed by atoms with Crippen molar-refractivity contribution >= 4 is 0 Å². The van der Waals surface area contributed by atoms with Gasteiger partial charge in [0.1, 0.15) is 5.75 Å². The van der Waals surface area contributed by atoms with Crippen molar-refractivity contribution < 1.29 is 4.74 Å². The third kappa shape index (κ3) is 4.88. The fourth-order valence-electron chi connectivity index (χ4n) is 2.92. The molecule has 0 spiro atoms. The Morgan fingerprint density at radius 3 is 2.26 bits per heavy atom. The third-order valence-electron chi connectivity index (χ3n) is 4.27. The summed E-state index contributed by atoms with van der Waals surface area (Å²) in [4.78, 5) is 0. The molecule has 1 aromatic heterocycles. The lowest BCUT2D eigenvalue weighted by Gasteiger charge is -2.08. The van der Waals surface area contributed by atoms with E-state index < -0.39 is 0 Å². The highest BCUT2D eigenvalue weighted by atomic mass is 16.5. The molecular weight excluding hydrogens is 282 g/mol. The Bertz CT molecular complexity index is 610. The van der Waals surface area contributed by atoms with Gasteiger partial charge in [0.15, 0.2) is 0 Å². The van der Waals surface area contributed by atoms with E-state index in [1.807, 2.05) is 36.7 Å². The van der Waals surface area contributed by atoms with Crippen molar-refractivity contribution in [3.05, 3.63) is 73.1 Å². The summed E-state index contributed by atoms with van der Waals surface area (Å²) in [7, 11) is 0. The van der Waals surface area contributed by atoms with Crippen LogP contribution in [0.5, 0.6) is 5.75 Å². The molecule has 2 heteroatoms. The van der Waals surface area contributed by atoms with E-state index in [9.17, 15) is 0 Å². The zero-order valence-electron chi connectivity index (χ0n) is 13.6. The quantitative estimate of drug-likeness (QED) is 0.554. The molecule has 0 saturated carbocycles. The van der Waals surface area contributed by atoms with Crippen LogP contribution in [0, 0.1) is 5.92 Å². The van der Waals surface area contributed by atoms with E-state index in [-0.39, 0.29) is 0 Å². The summed E-state index contributed by atoms with van der Waals surface area (Å²) in [6, 6.07) is 12.4. The molecule has 0 atom stereocenters. The van der Waals surface area contributed by atoms with Crippen LogP contribution in [0.1, 0.15) is 32.1 Å². The molecule has 2 aromatic rings. The molecule has 1 aromatic carbocycles. The predicted octanol–water partition coefficient (Wildman–Crippen LogP) is 5.55. The monoisotopic (exact) mass is 307 g/mol. The van der Waals surface area contributed by atoms with E-state index in [0.717, 1.165) is 24.5 Å². The second kappa shape index (κ2) is 8.42. The Kier molecular flexibility index (Phi) is 5.74. The Morgan fingerprint density at radius 1 is 0.826 bits per heavy atom. The summed E-state index contributed by atoms with van der Waals surface area (Å²) in [5, 5.41) is 0. The second-order valence-electron chi connectivity index (χ2n) is 6.07. The van der Waals surface area contributed by atoms with Gasteiger partial charge in [0, 0.05) is 18.1 Å². The number of rotatable bonds is 9. The number of hydrogen-bond acceptors (Lipinski definition) is 1. The van der Waals surface area contributed by atoms with E-state index >= 15 is 0 Å². The first-order chi connectivity index (χ1) is 11.4. The second-order valence-corrected chi connectivity index (χ2v) is 6.07. The van der Waals surface area contributed by atoms with Crippen molar-refractivity contribution in [3.63, 3.8) is 0 Å². The number of unbranched alkanes of at least 4 members (excludes halogenated alkanes) is 3. The average Bonchev–Trinajstić information content (AvgIpc) is 3.28. The minimum Gasteiger partial charge on any atom is -0.494 e. The molecule has 0 radical (unpaired) electrons. The Morgan fingerprint density at radius 2 is 1.52 bits per heavy atom. The molecule has 1 heterocycles. The minimum absolute atomic E-state index is 0.685. The lowest BCUT2D eigenvalue weighted by atomic mass is 10.0. The van der Waals surface area contributed by atoms with Crippen molar-refractivity contribution in [1.82, 2.24) is 4.57 Å². The van der Waals surface area contributed by atoms with Crippen molar-refractivity contribution in [2.45, 2.75) is 32.1 Å². The Hall–Kier alpha value is -2.22. The average molecular weight is 307 g/mol. The van der Waals surface area contributed by atoms with Gasteiger partial charge in [0.2, 0.25) is 0 Å². The van der Waals surface area contributed by atoms with Gasteiger partial charge in [0.25, 0.3) is 0 Å². The lowest BCUT2D eigenvalue weighted by Crippen LogP contribution is -1.98. The zero-order valence-corrected chi connectivity index (χ0v) is 13.6. The van der Waals surface area contributed by atoms with Gasteiger partial charge in [-0.05, 0) is 55.2 Å². The van der Waals surface area contributed by atoms with Gasteiger partial charge in [0.05, 0.1) is 6.61 Å². The SMILES string of the molecule is C1=CC(CCCCCCOc2ccc(-n3cccc3)cc2)C=C1. The topological polar surface area (TPSA) is 14.2 Å². The van der Waals surface area contributed by atoms with Crippen LogP contribution < -0.4 is 4.74 Å². The fourth-order valence-corrected chi connectivity index (χ4v) is 2.92. The highest BCUT2D eigenvalue weighted by Crippen LogP contribution is 2.18. The van der Waals surface area contributed by atoms with E-state index in [4.69, 9.17) is 4.74 Å². The molecule has 3 rings (SSSR count). The van der Waals surface area contributed by atoms with Crippen LogP contribution >= 0.6 is 0 Å². The van der Waals surface area contributed by atoms with Crippen LogP contribution in [0.15, 0.2) is 73.1 Å². The summed E-state index contributed by atoms with van der Waals surface area (Å²) in [5.41, 5.74) is 1.16. The zero-order chi connectivity index (χ0) is 15.7. The molecule has 1 aliphatic rings. The molecule has 1 aliphatic carbocycles. The van der Waals surface area contributed by atoms with Crippen LogP contribution in [-0.2, 0) is 0 Å². The Balaban J connectivity index is 1.28. The van der Waals surface area contributed by atoms with Crippen LogP contribution in [0.25, 0.3) is 5.69 Å². The maximum atomic E-state index is 5.83. The molecule has 0 bridgehead atoms. The smallest absolute Gasteiger partial charge is 0.119 e. The molecule has 0 unspecified atom stereocenters. The third-order valence-corrected chi connectivity index (χ3v) is 4.27. The molecule has 120 valence electrons. The molecule has 0 saturated heterocycles. The van der Waals surface area contributed by atoms with Crippen molar-refractivity contribution in [2.24, 2.45) is 5.92 Å². The maximum Gasteiger partial charge on any atom is 0.119 e. The number of hydrogen-bond donors (Lipinski definition) is 0. The highest BCUT2D eigenvalue weighted by Gasteiger charge is 2.02. The number of ether oxygens (including phenoxy) is 1. The molecule has 0 N–H and O–H groups in total. The van der Waals surface area contributed by atoms with Gasteiger partial charge >= 0.3 is 0 Å². The van der Waals surface area contributed by atoms with Gasteiger partial charge in [-0.25, -0.2) is 0 Å². The number of nitrogens with zero attached hydrogens (tertiary/aromatic N) is 1. The summed E-state index contributed by atoms with van der Waals surface area (Å²) < 4.78 is 7.92. The Labute approximate surface area is 139 Å². The number of benzene rings is 1. The summed E-state index contributed by atoms with van der Waals surface area (Å²) in [6.45, 7) is 0.812. The van der Waals surface area contributed by atoms with Crippen LogP contribution in [0.4, 0.5) is 0 Å². The lowest BCUT2D eigenvalue weighted by molar-refractivity contribution is 0.304. The maximum absolute atomic E-state index is 5.83. The number of allylic oxidation sites excluding steroid dienone is 4. The van der Waals surface area contributed by atoms with E-state index in [1.54, 1.807) is 0 Å². The normalized spacial score (nSPS) is 13.7. The van der Waals surface area contributed by atoms with Crippen molar-refractivity contribution in [2.75, 3.05) is 6.61 Å². The standard InChI is InChI=1S/C21H25NO/c1(3-9-19-10-4-5-11-19)2-8-18-23-21-14-12-20(13-15-21)22-16-6-7-17-22/h4-7,10-17,19H,1-3,8-9,18H2. The largest absolute Gasteiger partial charge is 0.494 e. The molecule has 23 heavy (non-hydrogen) atoms. The molecule has 0 fully saturated rings. The predicted molar refractivity (Wildman–Crippen MR) is 96.1 cm³/mol. The van der Waals surface area contributed by atoms with Gasteiger partial charge < -0.3 is 9.30 Å². The first-order valence-corrected chi connectivity index (χ1v) is 8.63. The van der Waals surface area contributed by atoms with Crippen LogP contribution in [0.3, 0.4) is 0 Å². The van der Waals surface area contributed by atoms with Gasteiger partial charge in [-0.1, -0.05) is 43.6 Å². The van der Waals surface area contributed by atoms with Gasteiger partial charge in [-0.3, -0.25) is 0 Å². The van der Waals surface area contributed by atoms with E-state index in [0.29, 0.717) is 5.92 Å². The minimum atomic E-state index is 0.685. The summed E-state index contributed by atoms with van der Waals surface area (Å²) >= 11 is 0. The van der Waals surface area contributed by atoms with Crippen LogP contribution in [0.2, 0.25) is 0 Å². The fraction of sp³-hybridized carbons (Fsp3) is 0.333. The highest BCUT2D eigenvalue weighted by molar-refractivity contribution is 5.37. The van der Waals surface area contributed by atoms with Gasteiger partial charge in [-0.15, -0.1) is 0 Å². The number of aromatic nitrogens is 1. The molecule has 0 aliphatic heterocycles. The molecule has 2 nitrogen and oxygen atoms in total. The van der Waals surface area contributed by atoms with Gasteiger partial charge in [-0.2, -0.15) is 0 Å². The first-order valence-electron chi connectivity index (χ1n) is 8.63. The summed E-state index contributed by atoms with van der Waals surface area (Å²) in [6.07, 6.45) is 19.3. The molecular formula is C21H25NO. The first kappa shape index (κ1) is 15.7. The van der Waals surface area contributed by atoms with E-state index in [2.05, 4.69) is 41.0 Å². The summed E-state index contributed by atoms with van der Waals surface area (Å²) in [5.74, 6) is 1.65. The van der Waals surface area contributed by atoms with Crippen molar-refractivity contribution in [1.29, 1.82) is 0 Å². The molecule has 0 amide bonds.